The molecule has 2 aromatic heterocycles. The van der Waals surface area contributed by atoms with E-state index in [0.29, 0.717) is 17.0 Å². The molecular formula is C15H22N2O3. The van der Waals surface area contributed by atoms with Gasteiger partial charge in [-0.3, -0.25) is 9.20 Å². The number of carbonyl (C=O) groups is 1. The zero-order chi connectivity index (χ0) is 14.0. The van der Waals surface area contributed by atoms with Gasteiger partial charge in [-0.2, -0.15) is 0 Å². The van der Waals surface area contributed by atoms with Crippen LogP contribution in [-0.2, 0) is 0 Å². The van der Waals surface area contributed by atoms with Crippen LogP contribution in [0.15, 0.2) is 18.3 Å². The lowest BCUT2D eigenvalue weighted by atomic mass is 9.99. The van der Waals surface area contributed by atoms with Crippen LogP contribution in [0.1, 0.15) is 43.4 Å². The van der Waals surface area contributed by atoms with Crippen LogP contribution in [0.4, 0.5) is 0 Å². The number of aliphatic hydroxyl groups excluding tert-OH is 1. The lowest BCUT2D eigenvalue weighted by Gasteiger charge is -2.10. The highest BCUT2D eigenvalue weighted by molar-refractivity contribution is 5.96. The molecule has 0 saturated carbocycles. The average molecular weight is 278 g/mol. The number of pyridine rings is 1. The normalized spacial score (nSPS) is 12.2. The van der Waals surface area contributed by atoms with E-state index in [1.165, 1.54) is 0 Å². The number of rotatable bonds is 5. The summed E-state index contributed by atoms with van der Waals surface area (Å²) in [5, 5.41) is 18.9. The molecule has 5 nitrogen and oxygen atoms in total. The Bertz CT molecular complexity index is 600. The summed E-state index contributed by atoms with van der Waals surface area (Å²) in [4.78, 5) is 16.5. The number of aromatic nitrogens is 2. The highest BCUT2D eigenvalue weighted by Crippen LogP contribution is 2.22. The second-order valence-corrected chi connectivity index (χ2v) is 4.72. The van der Waals surface area contributed by atoms with E-state index in [1.54, 1.807) is 29.7 Å². The zero-order valence-corrected chi connectivity index (χ0v) is 11.1. The molecule has 2 N–H and O–H groups in total. The van der Waals surface area contributed by atoms with Crippen LogP contribution in [0.5, 0.6) is 5.75 Å². The van der Waals surface area contributed by atoms with Crippen LogP contribution in [0.25, 0.3) is 5.65 Å². The van der Waals surface area contributed by atoms with Crippen LogP contribution in [-0.4, -0.2) is 32.0 Å². The molecule has 2 rings (SSSR count). The van der Waals surface area contributed by atoms with Crippen LogP contribution in [0, 0.1) is 12.8 Å². The van der Waals surface area contributed by atoms with Crippen LogP contribution in [0.3, 0.4) is 0 Å². The van der Waals surface area contributed by atoms with Gasteiger partial charge in [0, 0.05) is 19.2 Å². The number of aryl methyl sites for hydroxylation is 1. The Balaban J connectivity index is 0.00000200. The highest BCUT2D eigenvalue weighted by atomic mass is 16.3. The number of carbonyl (C=O) groups excluding carboxylic acids is 1. The number of hydrogen-bond acceptors (Lipinski definition) is 4. The molecule has 110 valence electrons. The lowest BCUT2D eigenvalue weighted by Crippen LogP contribution is -2.14. The quantitative estimate of drug-likeness (QED) is 0.824. The van der Waals surface area contributed by atoms with E-state index in [2.05, 4.69) is 4.98 Å². The fourth-order valence-corrected chi connectivity index (χ4v) is 2.20. The fraction of sp³-hybridized carbons (Fsp3) is 0.467. The average Bonchev–Trinajstić information content (AvgIpc) is 2.73. The molecule has 0 aliphatic heterocycles. The van der Waals surface area contributed by atoms with Gasteiger partial charge in [-0.05, 0) is 25.0 Å². The van der Waals surface area contributed by atoms with E-state index in [-0.39, 0.29) is 37.9 Å². The molecule has 0 radical (unpaired) electrons. The number of nitrogens with zero attached hydrogens (tertiary/aromatic N) is 2. The first kappa shape index (κ1) is 16.2. The summed E-state index contributed by atoms with van der Waals surface area (Å²) in [6.07, 6.45) is 2.75. The Hall–Kier alpha value is -1.88. The number of imidazole rings is 1. The van der Waals surface area contributed by atoms with Crippen LogP contribution in [0.2, 0.25) is 0 Å². The smallest absolute Gasteiger partial charge is 0.181 e. The van der Waals surface area contributed by atoms with E-state index in [0.717, 1.165) is 6.42 Å². The zero-order valence-electron chi connectivity index (χ0n) is 11.1. The van der Waals surface area contributed by atoms with E-state index in [9.17, 15) is 15.0 Å². The minimum atomic E-state index is -0.0588. The van der Waals surface area contributed by atoms with E-state index in [1.807, 2.05) is 6.92 Å². The van der Waals surface area contributed by atoms with E-state index in [4.69, 9.17) is 0 Å². The van der Waals surface area contributed by atoms with Crippen molar-refractivity contribution in [3.8, 4) is 5.75 Å². The molecule has 0 aromatic carbocycles. The van der Waals surface area contributed by atoms with Crippen molar-refractivity contribution in [3.05, 3.63) is 29.7 Å². The summed E-state index contributed by atoms with van der Waals surface area (Å²) in [6.45, 7) is 3.70. The molecule has 0 spiro atoms. The Morgan fingerprint density at radius 1 is 1.50 bits per heavy atom. The van der Waals surface area contributed by atoms with E-state index < -0.39 is 0 Å². The Kier molecular flexibility index (Phi) is 5.27. The monoisotopic (exact) mass is 278 g/mol. The van der Waals surface area contributed by atoms with Gasteiger partial charge < -0.3 is 10.2 Å². The largest absolute Gasteiger partial charge is 0.504 e. The second kappa shape index (κ2) is 6.52. The maximum Gasteiger partial charge on any atom is 0.181 e. The molecule has 5 heteroatoms. The first-order valence-electron chi connectivity index (χ1n) is 6.39. The summed E-state index contributed by atoms with van der Waals surface area (Å²) < 4.78 is 1.61. The third-order valence-corrected chi connectivity index (χ3v) is 3.38. The van der Waals surface area contributed by atoms with Crippen molar-refractivity contribution in [1.29, 1.82) is 0 Å². The molecule has 0 saturated heterocycles. The van der Waals surface area contributed by atoms with Gasteiger partial charge >= 0.3 is 0 Å². The molecule has 0 aliphatic carbocycles. The molecule has 2 aromatic rings. The molecule has 2 heterocycles. The fourth-order valence-electron chi connectivity index (χ4n) is 2.20. The molecular weight excluding hydrogens is 256 g/mol. The Morgan fingerprint density at radius 2 is 2.20 bits per heavy atom. The van der Waals surface area contributed by atoms with Crippen molar-refractivity contribution >= 4 is 11.4 Å². The number of Topliss-reactive ketones (excluding diaryl/α,β-unsaturated/α-hetero) is 1. The molecule has 0 aliphatic rings. The number of ketones is 1. The number of aliphatic hydroxyl groups is 1. The minimum absolute atomic E-state index is 0. The van der Waals surface area contributed by atoms with Crippen molar-refractivity contribution < 1.29 is 15.0 Å². The summed E-state index contributed by atoms with van der Waals surface area (Å²) in [7, 11) is 0. The van der Waals surface area contributed by atoms with Crippen molar-refractivity contribution in [1.82, 2.24) is 9.38 Å². The van der Waals surface area contributed by atoms with Crippen molar-refractivity contribution in [2.75, 3.05) is 6.61 Å². The molecule has 0 unspecified atom stereocenters. The predicted molar refractivity (Wildman–Crippen MR) is 78.1 cm³/mol. The standard InChI is InChI=1S/C14H18N2O3.CH4/c1-3-10(8-17)7-12(19)13-9(2)15-14-11(18)5-4-6-16(13)14;/h4-6,10,17-18H,3,7-8H2,1-2H3;1H4/t10-;/m0./s1. The predicted octanol–water partition coefficient (Wildman–Crippen LogP) is 2.58. The molecule has 0 fully saturated rings. The van der Waals surface area contributed by atoms with Gasteiger partial charge in [-0.15, -0.1) is 0 Å². The third kappa shape index (κ3) is 2.82. The maximum absolute atomic E-state index is 12.3. The van der Waals surface area contributed by atoms with Gasteiger partial charge in [0.15, 0.2) is 17.2 Å². The van der Waals surface area contributed by atoms with Gasteiger partial charge in [-0.1, -0.05) is 20.8 Å². The first-order chi connectivity index (χ1) is 9.08. The van der Waals surface area contributed by atoms with Gasteiger partial charge in [0.1, 0.15) is 5.69 Å². The molecule has 0 bridgehead atoms. The molecule has 1 atom stereocenters. The summed E-state index contributed by atoms with van der Waals surface area (Å²) in [5.41, 5.74) is 1.47. The van der Waals surface area contributed by atoms with Crippen molar-refractivity contribution in [3.63, 3.8) is 0 Å². The number of fused-ring (bicyclic) bond motifs is 1. The highest BCUT2D eigenvalue weighted by Gasteiger charge is 2.20. The third-order valence-electron chi connectivity index (χ3n) is 3.38. The van der Waals surface area contributed by atoms with Gasteiger partial charge in [-0.25, -0.2) is 4.98 Å². The molecule has 20 heavy (non-hydrogen) atoms. The topological polar surface area (TPSA) is 74.8 Å². The maximum atomic E-state index is 12.3. The number of aromatic hydroxyl groups is 1. The molecule has 0 amide bonds. The summed E-state index contributed by atoms with van der Waals surface area (Å²) in [5.74, 6) is -0.0369. The minimum Gasteiger partial charge on any atom is -0.504 e. The Labute approximate surface area is 118 Å². The second-order valence-electron chi connectivity index (χ2n) is 4.72. The van der Waals surface area contributed by atoms with Crippen molar-refractivity contribution in [2.45, 2.75) is 34.1 Å². The first-order valence-corrected chi connectivity index (χ1v) is 6.39. The summed E-state index contributed by atoms with van der Waals surface area (Å²) in [6, 6.07) is 3.21. The lowest BCUT2D eigenvalue weighted by molar-refractivity contribution is 0.0927. The SMILES string of the molecule is C.CC[C@H](CO)CC(=O)c1c(C)nc2c(O)cccn12. The number of hydrogen-bond donors (Lipinski definition) is 2. The van der Waals surface area contributed by atoms with Crippen LogP contribution < -0.4 is 0 Å². The summed E-state index contributed by atoms with van der Waals surface area (Å²) >= 11 is 0. The Morgan fingerprint density at radius 3 is 2.80 bits per heavy atom. The van der Waals surface area contributed by atoms with E-state index >= 15 is 0 Å². The van der Waals surface area contributed by atoms with Gasteiger partial charge in [0.05, 0.1) is 5.69 Å². The van der Waals surface area contributed by atoms with Crippen LogP contribution >= 0.6 is 0 Å². The van der Waals surface area contributed by atoms with Gasteiger partial charge in [0.25, 0.3) is 0 Å². The van der Waals surface area contributed by atoms with Crippen molar-refractivity contribution in [2.24, 2.45) is 5.92 Å². The van der Waals surface area contributed by atoms with Gasteiger partial charge in [0.2, 0.25) is 0 Å².